The Morgan fingerprint density at radius 3 is 2.59 bits per heavy atom. The highest BCUT2D eigenvalue weighted by atomic mass is 19.1. The number of benzene rings is 1. The predicted molar refractivity (Wildman–Crippen MR) is 128 cm³/mol. The number of primary amides is 1. The van der Waals surface area contributed by atoms with E-state index in [0.29, 0.717) is 16.8 Å². The summed E-state index contributed by atoms with van der Waals surface area (Å²) in [5.74, 6) is -0.536. The number of nitrogens with one attached hydrogen (secondary N) is 3. The Bertz CT molecular complexity index is 1010. The fraction of sp³-hybridized carbons (Fsp3) is 0.360. The number of H-pyrrole nitrogens is 1. The van der Waals surface area contributed by atoms with Crippen LogP contribution in [0.15, 0.2) is 30.5 Å². The molecular formula is C25H33FN4O2. The molecule has 7 heteroatoms. The van der Waals surface area contributed by atoms with Gasteiger partial charge in [-0.15, -0.1) is 0 Å². The van der Waals surface area contributed by atoms with Crippen LogP contribution in [-0.2, 0) is 16.0 Å². The Balaban J connectivity index is 0.00000114. The molecule has 1 aromatic heterocycles. The highest BCUT2D eigenvalue weighted by Crippen LogP contribution is 2.34. The molecule has 0 saturated heterocycles. The Kier molecular flexibility index (Phi) is 9.25. The predicted octanol–water partition coefficient (Wildman–Crippen LogP) is 4.59. The molecule has 0 fully saturated rings. The third-order valence-corrected chi connectivity index (χ3v) is 5.69. The average molecular weight is 441 g/mol. The van der Waals surface area contributed by atoms with E-state index in [4.69, 9.17) is 4.79 Å². The van der Waals surface area contributed by atoms with Gasteiger partial charge in [0.1, 0.15) is 5.82 Å². The number of hydrogen-bond acceptors (Lipinski definition) is 3. The van der Waals surface area contributed by atoms with Gasteiger partial charge >= 0.3 is 0 Å². The van der Waals surface area contributed by atoms with Crippen molar-refractivity contribution >= 4 is 29.7 Å². The van der Waals surface area contributed by atoms with E-state index in [2.05, 4.69) is 41.8 Å². The van der Waals surface area contributed by atoms with Crippen LogP contribution in [0.3, 0.4) is 0 Å². The standard InChI is InChI=1S/C24H30FN3O.CH3NO/c1-15(26-4)9-7-5-6-8-10-19-16(2)23(27-17(19)3)14-21-20-13-18(25)11-12-22(20)28-24(21)29;2-1-3/h11-14,26-27H,1,5-10H2,2-4H3,(H,28,29);1H,(H2,2,3)/b21-14-;. The molecule has 3 rings (SSSR count). The molecule has 1 aliphatic heterocycles. The zero-order valence-corrected chi connectivity index (χ0v) is 19.1. The highest BCUT2D eigenvalue weighted by molar-refractivity contribution is 6.34. The van der Waals surface area contributed by atoms with Crippen molar-refractivity contribution < 1.29 is 14.0 Å². The molecule has 6 nitrogen and oxygen atoms in total. The van der Waals surface area contributed by atoms with E-state index < -0.39 is 0 Å². The molecule has 1 aliphatic rings. The van der Waals surface area contributed by atoms with Crippen LogP contribution >= 0.6 is 0 Å². The van der Waals surface area contributed by atoms with Gasteiger partial charge in [-0.25, -0.2) is 4.39 Å². The smallest absolute Gasteiger partial charge is 0.256 e. The van der Waals surface area contributed by atoms with Crippen LogP contribution < -0.4 is 16.4 Å². The molecular weight excluding hydrogens is 407 g/mol. The van der Waals surface area contributed by atoms with Crippen LogP contribution in [0, 0.1) is 19.7 Å². The van der Waals surface area contributed by atoms with Crippen molar-refractivity contribution in [1.29, 1.82) is 0 Å². The zero-order valence-electron chi connectivity index (χ0n) is 19.1. The lowest BCUT2D eigenvalue weighted by atomic mass is 10.0. The molecule has 5 N–H and O–H groups in total. The molecule has 2 heterocycles. The zero-order chi connectivity index (χ0) is 23.7. The van der Waals surface area contributed by atoms with Crippen molar-refractivity contribution in [2.45, 2.75) is 52.4 Å². The lowest BCUT2D eigenvalue weighted by molar-refractivity contribution is -0.110. The van der Waals surface area contributed by atoms with Crippen LogP contribution in [0.4, 0.5) is 10.1 Å². The second-order valence-electron chi connectivity index (χ2n) is 7.87. The highest BCUT2D eigenvalue weighted by Gasteiger charge is 2.25. The number of fused-ring (bicyclic) bond motifs is 1. The molecule has 2 aromatic rings. The second-order valence-corrected chi connectivity index (χ2v) is 7.87. The molecule has 0 unspecified atom stereocenters. The molecule has 0 spiro atoms. The SMILES string of the molecule is C=C(CCCCCCc1c(C)[nH]c(/C=C2\C(=O)Nc3ccc(F)cc32)c1C)NC.NC=O. The number of anilines is 1. The second kappa shape index (κ2) is 11.9. The van der Waals surface area contributed by atoms with Crippen LogP contribution in [0.5, 0.6) is 0 Å². The fourth-order valence-corrected chi connectivity index (χ4v) is 3.90. The quantitative estimate of drug-likeness (QED) is 0.261. The number of halogens is 1. The van der Waals surface area contributed by atoms with Crippen LogP contribution in [0.25, 0.3) is 11.6 Å². The van der Waals surface area contributed by atoms with E-state index in [1.807, 2.05) is 13.1 Å². The van der Waals surface area contributed by atoms with Gasteiger partial charge < -0.3 is 21.4 Å². The van der Waals surface area contributed by atoms with E-state index in [1.165, 1.54) is 30.5 Å². The lowest BCUT2D eigenvalue weighted by Crippen LogP contribution is -2.03. The van der Waals surface area contributed by atoms with Crippen molar-refractivity contribution in [3.05, 3.63) is 64.4 Å². The van der Waals surface area contributed by atoms with Gasteiger partial charge in [-0.2, -0.15) is 0 Å². The maximum Gasteiger partial charge on any atom is 0.256 e. The first-order valence-corrected chi connectivity index (χ1v) is 10.8. The summed E-state index contributed by atoms with van der Waals surface area (Å²) < 4.78 is 13.7. The molecule has 0 radical (unpaired) electrons. The van der Waals surface area contributed by atoms with Gasteiger partial charge in [0, 0.05) is 35.4 Å². The number of carbonyl (C=O) groups is 2. The third kappa shape index (κ3) is 6.33. The summed E-state index contributed by atoms with van der Waals surface area (Å²) in [6, 6.07) is 4.38. The summed E-state index contributed by atoms with van der Waals surface area (Å²) in [6.07, 6.45) is 8.82. The molecule has 0 atom stereocenters. The minimum Gasteiger partial charge on any atom is -0.392 e. The van der Waals surface area contributed by atoms with Crippen molar-refractivity contribution in [1.82, 2.24) is 10.3 Å². The Morgan fingerprint density at radius 1 is 1.22 bits per heavy atom. The Labute approximate surface area is 189 Å². The summed E-state index contributed by atoms with van der Waals surface area (Å²) >= 11 is 0. The van der Waals surface area contributed by atoms with E-state index in [1.54, 1.807) is 6.07 Å². The van der Waals surface area contributed by atoms with Gasteiger partial charge in [-0.1, -0.05) is 19.4 Å². The van der Waals surface area contributed by atoms with Crippen molar-refractivity contribution in [3.8, 4) is 0 Å². The minimum absolute atomic E-state index is 0.193. The molecule has 0 aliphatic carbocycles. The van der Waals surface area contributed by atoms with Crippen LogP contribution in [0.1, 0.15) is 60.2 Å². The minimum atomic E-state index is -0.343. The summed E-state index contributed by atoms with van der Waals surface area (Å²) in [5.41, 5.74) is 11.6. The number of unbranched alkanes of at least 4 members (excludes halogenated alkanes) is 3. The van der Waals surface area contributed by atoms with E-state index in [0.717, 1.165) is 48.3 Å². The van der Waals surface area contributed by atoms with Gasteiger partial charge in [-0.3, -0.25) is 9.59 Å². The Morgan fingerprint density at radius 2 is 1.91 bits per heavy atom. The number of nitrogens with two attached hydrogens (primary N) is 1. The van der Waals surface area contributed by atoms with Gasteiger partial charge in [0.05, 0.1) is 5.57 Å². The van der Waals surface area contributed by atoms with Crippen molar-refractivity contribution in [2.75, 3.05) is 12.4 Å². The Hall–Kier alpha value is -3.35. The van der Waals surface area contributed by atoms with E-state index in [9.17, 15) is 9.18 Å². The lowest BCUT2D eigenvalue weighted by Gasteiger charge is -2.05. The number of aromatic amines is 1. The molecule has 172 valence electrons. The monoisotopic (exact) mass is 440 g/mol. The third-order valence-electron chi connectivity index (χ3n) is 5.69. The number of amides is 2. The van der Waals surface area contributed by atoms with Gasteiger partial charge in [0.15, 0.2) is 0 Å². The molecule has 2 amide bonds. The molecule has 0 bridgehead atoms. The summed E-state index contributed by atoms with van der Waals surface area (Å²) in [6.45, 7) is 8.12. The topological polar surface area (TPSA) is 100 Å². The number of hydrogen-bond donors (Lipinski definition) is 4. The van der Waals surface area contributed by atoms with Gasteiger partial charge in [0.2, 0.25) is 6.41 Å². The first kappa shape index (κ1) is 24.9. The maximum atomic E-state index is 13.7. The van der Waals surface area contributed by atoms with Gasteiger partial charge in [-0.05, 0) is 74.9 Å². The largest absolute Gasteiger partial charge is 0.392 e. The number of aromatic nitrogens is 1. The number of carbonyl (C=O) groups excluding carboxylic acids is 2. The molecule has 0 saturated carbocycles. The van der Waals surface area contributed by atoms with Crippen LogP contribution in [0.2, 0.25) is 0 Å². The van der Waals surface area contributed by atoms with Crippen LogP contribution in [-0.4, -0.2) is 24.3 Å². The number of allylic oxidation sites excluding steroid dienone is 1. The molecule has 1 aromatic carbocycles. The average Bonchev–Trinajstić information content (AvgIpc) is 3.20. The van der Waals surface area contributed by atoms with Crippen molar-refractivity contribution in [2.24, 2.45) is 5.73 Å². The normalized spacial score (nSPS) is 13.2. The van der Waals surface area contributed by atoms with E-state index in [-0.39, 0.29) is 18.1 Å². The summed E-state index contributed by atoms with van der Waals surface area (Å²) in [4.78, 5) is 24.4. The van der Waals surface area contributed by atoms with E-state index >= 15 is 0 Å². The summed E-state index contributed by atoms with van der Waals surface area (Å²) in [7, 11) is 1.91. The first-order chi connectivity index (χ1) is 15.3. The summed E-state index contributed by atoms with van der Waals surface area (Å²) in [5, 5.41) is 5.89. The molecule has 32 heavy (non-hydrogen) atoms. The van der Waals surface area contributed by atoms with Crippen molar-refractivity contribution in [3.63, 3.8) is 0 Å². The maximum absolute atomic E-state index is 13.7. The number of aryl methyl sites for hydroxylation is 1. The number of rotatable bonds is 9. The fourth-order valence-electron chi connectivity index (χ4n) is 3.90. The first-order valence-electron chi connectivity index (χ1n) is 10.8. The van der Waals surface area contributed by atoms with Gasteiger partial charge in [0.25, 0.3) is 5.91 Å².